The van der Waals surface area contributed by atoms with Crippen molar-refractivity contribution in [1.29, 1.82) is 0 Å². The van der Waals surface area contributed by atoms with Crippen LogP contribution in [0.25, 0.3) is 0 Å². The lowest BCUT2D eigenvalue weighted by Gasteiger charge is -2.29. The van der Waals surface area contributed by atoms with Gasteiger partial charge in [-0.05, 0) is 74.3 Å². The van der Waals surface area contributed by atoms with Crippen molar-refractivity contribution in [2.45, 2.75) is 100 Å². The number of sulfonamides is 1. The first-order chi connectivity index (χ1) is 25.3. The van der Waals surface area contributed by atoms with E-state index in [1.165, 1.54) is 34.1 Å². The molecule has 53 heavy (non-hydrogen) atoms. The zero-order chi connectivity index (χ0) is 37.9. The molecule has 4 amide bonds. The Kier molecular flexibility index (Phi) is 11.4. The van der Waals surface area contributed by atoms with Gasteiger partial charge in [-0.15, -0.1) is 13.2 Å². The number of unbranched alkanes of at least 4 members (excludes halogenated alkanes) is 3. The van der Waals surface area contributed by atoms with Gasteiger partial charge in [-0.25, -0.2) is 22.0 Å². The highest BCUT2D eigenvalue weighted by Gasteiger charge is 2.62. The van der Waals surface area contributed by atoms with E-state index >= 15 is 0 Å². The third-order valence-corrected chi connectivity index (χ3v) is 12.6. The zero-order valence-electron chi connectivity index (χ0n) is 29.6. The Bertz CT molecular complexity index is 1870. The second-order valence-electron chi connectivity index (χ2n) is 14.6. The molecule has 3 fully saturated rings. The summed E-state index contributed by atoms with van der Waals surface area (Å²) >= 11 is 0. The van der Waals surface area contributed by atoms with Crippen molar-refractivity contribution < 1.29 is 41.1 Å². The number of ether oxygens (including phenoxy) is 1. The molecule has 0 aromatic heterocycles. The monoisotopic (exact) mass is 752 g/mol. The van der Waals surface area contributed by atoms with Crippen molar-refractivity contribution in [2.24, 2.45) is 11.8 Å². The average molecular weight is 753 g/mol. The summed E-state index contributed by atoms with van der Waals surface area (Å²) in [5.41, 5.74) is 0.218. The quantitative estimate of drug-likeness (QED) is 0.181. The molecule has 1 saturated heterocycles. The van der Waals surface area contributed by atoms with Crippen molar-refractivity contribution in [3.8, 4) is 0 Å². The summed E-state index contributed by atoms with van der Waals surface area (Å²) in [4.78, 5) is 58.3. The van der Waals surface area contributed by atoms with E-state index in [0.29, 0.717) is 36.8 Å². The second-order valence-corrected chi connectivity index (χ2v) is 16.6. The van der Waals surface area contributed by atoms with E-state index in [1.54, 1.807) is 24.3 Å². The lowest BCUT2D eigenvalue weighted by molar-refractivity contribution is -0.142. The molecule has 11 nitrogen and oxygen atoms in total. The molecule has 2 heterocycles. The minimum Gasteiger partial charge on any atom is -0.444 e. The van der Waals surface area contributed by atoms with E-state index in [9.17, 15) is 36.4 Å². The van der Waals surface area contributed by atoms with Crippen LogP contribution < -0.4 is 10.0 Å². The highest BCUT2D eigenvalue weighted by Crippen LogP contribution is 2.45. The van der Waals surface area contributed by atoms with Crippen molar-refractivity contribution in [2.75, 3.05) is 6.54 Å². The Labute approximate surface area is 308 Å². The van der Waals surface area contributed by atoms with Crippen molar-refractivity contribution in [1.82, 2.24) is 19.8 Å². The Hall–Kier alpha value is -4.59. The molecule has 2 aliphatic heterocycles. The van der Waals surface area contributed by atoms with Gasteiger partial charge in [-0.1, -0.05) is 49.3 Å². The molecule has 284 valence electrons. The van der Waals surface area contributed by atoms with E-state index in [4.69, 9.17) is 4.74 Å². The first-order valence-corrected chi connectivity index (χ1v) is 19.8. The van der Waals surface area contributed by atoms with Crippen molar-refractivity contribution >= 4 is 33.8 Å². The fourth-order valence-corrected chi connectivity index (χ4v) is 8.79. The number of carbonyl (C=O) groups is 4. The first kappa shape index (κ1) is 38.1. The zero-order valence-corrected chi connectivity index (χ0v) is 30.4. The summed E-state index contributed by atoms with van der Waals surface area (Å²) in [6.07, 6.45) is 6.62. The van der Waals surface area contributed by atoms with E-state index in [1.807, 2.05) is 6.08 Å². The van der Waals surface area contributed by atoms with Gasteiger partial charge in [0.2, 0.25) is 21.8 Å². The normalized spacial score (nSPS) is 23.8. The molecule has 0 radical (unpaired) electrons. The molecule has 5 atom stereocenters. The predicted octanol–water partition coefficient (Wildman–Crippen LogP) is 5.05. The summed E-state index contributed by atoms with van der Waals surface area (Å²) < 4.78 is 61.5. The summed E-state index contributed by atoms with van der Waals surface area (Å²) in [7, 11) is -3.92. The van der Waals surface area contributed by atoms with Gasteiger partial charge in [0, 0.05) is 30.4 Å². The van der Waals surface area contributed by atoms with Gasteiger partial charge in [0.25, 0.3) is 5.91 Å². The van der Waals surface area contributed by atoms with Crippen LogP contribution in [0.1, 0.15) is 74.5 Å². The van der Waals surface area contributed by atoms with Crippen LogP contribution in [0.2, 0.25) is 0 Å². The number of hydrogen-bond donors (Lipinski definition) is 2. The smallest absolute Gasteiger partial charge is 0.410 e. The Morgan fingerprint density at radius 2 is 1.77 bits per heavy atom. The lowest BCUT2D eigenvalue weighted by atomic mass is 9.91. The van der Waals surface area contributed by atoms with Crippen LogP contribution >= 0.6 is 0 Å². The third-order valence-electron chi connectivity index (χ3n) is 10.8. The Balaban J connectivity index is 1.23. The van der Waals surface area contributed by atoms with E-state index in [0.717, 1.165) is 24.8 Å². The molecule has 4 aliphatic rings. The minimum absolute atomic E-state index is 0.00998. The van der Waals surface area contributed by atoms with Gasteiger partial charge in [-0.2, -0.15) is 0 Å². The third kappa shape index (κ3) is 8.63. The van der Waals surface area contributed by atoms with Crippen LogP contribution in [0.3, 0.4) is 0 Å². The summed E-state index contributed by atoms with van der Waals surface area (Å²) in [5, 5.41) is 2.10. The fraction of sp³-hybridized carbons (Fsp3) is 0.487. The SMILES string of the molecule is C=CCCCCC[C@H](Cc1ccc(F)cc1)C(=O)N1C[C@H](OC(=O)N2Cc3cccc(F)c3C2)C[C@H]1C(=O)N[C@]1(C(=O)NS(=O)(=O)C2CC2)C[C@H]1C=C. The molecule has 2 aromatic rings. The lowest BCUT2D eigenvalue weighted by Crippen LogP contribution is -2.57. The molecule has 6 rings (SSSR count). The van der Waals surface area contributed by atoms with Crippen LogP contribution in [0.5, 0.6) is 0 Å². The molecule has 0 bridgehead atoms. The molecule has 0 unspecified atom stereocenters. The van der Waals surface area contributed by atoms with Crippen LogP contribution in [-0.2, 0) is 48.7 Å². The van der Waals surface area contributed by atoms with Gasteiger partial charge in [-0.3, -0.25) is 24.0 Å². The van der Waals surface area contributed by atoms with Gasteiger partial charge < -0.3 is 15.0 Å². The number of halogens is 2. The van der Waals surface area contributed by atoms with Crippen molar-refractivity contribution in [3.63, 3.8) is 0 Å². The largest absolute Gasteiger partial charge is 0.444 e. The highest BCUT2D eigenvalue weighted by atomic mass is 32.2. The predicted molar refractivity (Wildman–Crippen MR) is 192 cm³/mol. The molecular weight excluding hydrogens is 707 g/mol. The maximum Gasteiger partial charge on any atom is 0.410 e. The van der Waals surface area contributed by atoms with Gasteiger partial charge in [0.05, 0.1) is 18.3 Å². The van der Waals surface area contributed by atoms with Crippen LogP contribution in [0.4, 0.5) is 13.6 Å². The fourth-order valence-electron chi connectivity index (χ4n) is 7.43. The van der Waals surface area contributed by atoms with Crippen LogP contribution in [0, 0.1) is 23.5 Å². The van der Waals surface area contributed by atoms with E-state index in [2.05, 4.69) is 23.2 Å². The summed E-state index contributed by atoms with van der Waals surface area (Å²) in [6.45, 7) is 7.55. The maximum atomic E-state index is 14.5. The van der Waals surface area contributed by atoms with Crippen LogP contribution in [0.15, 0.2) is 67.8 Å². The highest BCUT2D eigenvalue weighted by molar-refractivity contribution is 7.91. The summed E-state index contributed by atoms with van der Waals surface area (Å²) in [6, 6.07) is 9.34. The molecule has 2 aliphatic carbocycles. The standard InChI is InChI=1S/C39H46F2N4O7S/c1-3-5-6-7-8-10-26(19-25-13-15-29(40)16-14-25)36(47)45-23-30(52-38(49)44-22-27-11-9-12-33(41)32(27)24-44)20-34(45)35(46)42-39(21-28(39)4-2)37(48)43-53(50,51)31-17-18-31/h3-4,9,11-16,26,28,30-31,34H,1-2,5-8,10,17-24H2,(H,42,46)(H,43,48)/t26-,28-,30-,34+,39-/m1/s1. The number of benzene rings is 2. The van der Waals surface area contributed by atoms with Gasteiger partial charge >= 0.3 is 6.09 Å². The number of rotatable bonds is 16. The molecule has 2 aromatic carbocycles. The number of carbonyl (C=O) groups excluding carboxylic acids is 4. The first-order valence-electron chi connectivity index (χ1n) is 18.2. The number of nitrogens with one attached hydrogen (secondary N) is 2. The summed E-state index contributed by atoms with van der Waals surface area (Å²) in [5.74, 6) is -3.90. The topological polar surface area (TPSA) is 142 Å². The number of nitrogens with zero attached hydrogens (tertiary/aromatic N) is 2. The van der Waals surface area contributed by atoms with Crippen molar-refractivity contribution in [3.05, 3.63) is 96.1 Å². The van der Waals surface area contributed by atoms with Crippen LogP contribution in [-0.4, -0.2) is 71.5 Å². The maximum absolute atomic E-state index is 14.5. The Morgan fingerprint density at radius 3 is 2.43 bits per heavy atom. The van der Waals surface area contributed by atoms with E-state index < -0.39 is 74.3 Å². The molecule has 2 N–H and O–H groups in total. The van der Waals surface area contributed by atoms with E-state index in [-0.39, 0.29) is 44.8 Å². The minimum atomic E-state index is -3.92. The van der Waals surface area contributed by atoms with Gasteiger partial charge in [0.15, 0.2) is 0 Å². The number of allylic oxidation sites excluding steroid dienone is 1. The average Bonchev–Trinajstić information content (AvgIpc) is 4.02. The number of likely N-dealkylation sites (tertiary alicyclic amines) is 1. The van der Waals surface area contributed by atoms with Gasteiger partial charge in [0.1, 0.15) is 29.3 Å². The molecule has 2 saturated carbocycles. The number of fused-ring (bicyclic) bond motifs is 1. The molecular formula is C39H46F2N4O7S. The molecule has 14 heteroatoms. The Morgan fingerprint density at radius 1 is 1.02 bits per heavy atom. The number of amides is 4. The molecule has 0 spiro atoms. The second kappa shape index (κ2) is 15.8. The number of hydrogen-bond acceptors (Lipinski definition) is 7.